The minimum atomic E-state index is -0.865. The standard InChI is InChI=1S/C9H9N3O2/c1-6(9(13)14)7-4-11-8-2-3-10-5-12(7)8/h2-6H,1H3,(H,13,14). The Labute approximate surface area is 80.0 Å². The number of hydrogen-bond donors (Lipinski definition) is 1. The lowest BCUT2D eigenvalue weighted by Crippen LogP contribution is -2.09. The first-order chi connectivity index (χ1) is 6.70. The topological polar surface area (TPSA) is 67.5 Å². The summed E-state index contributed by atoms with van der Waals surface area (Å²) in [6.45, 7) is 1.62. The number of carboxylic acid groups (broad SMARTS) is 1. The summed E-state index contributed by atoms with van der Waals surface area (Å²) in [6.07, 6.45) is 4.75. The molecule has 2 rings (SSSR count). The Morgan fingerprint density at radius 1 is 1.64 bits per heavy atom. The number of aromatic nitrogens is 3. The van der Waals surface area contributed by atoms with Crippen LogP contribution in [0.25, 0.3) is 5.65 Å². The molecule has 0 radical (unpaired) electrons. The fourth-order valence-corrected chi connectivity index (χ4v) is 1.30. The number of rotatable bonds is 2. The highest BCUT2D eigenvalue weighted by atomic mass is 16.4. The average Bonchev–Trinajstić information content (AvgIpc) is 2.60. The van der Waals surface area contributed by atoms with Crippen molar-refractivity contribution in [3.8, 4) is 0 Å². The summed E-state index contributed by atoms with van der Waals surface area (Å²) in [4.78, 5) is 18.8. The minimum absolute atomic E-state index is 0.575. The molecule has 1 unspecified atom stereocenters. The fourth-order valence-electron chi connectivity index (χ4n) is 1.30. The summed E-state index contributed by atoms with van der Waals surface area (Å²) >= 11 is 0. The van der Waals surface area contributed by atoms with Crippen molar-refractivity contribution in [3.63, 3.8) is 0 Å². The first-order valence-electron chi connectivity index (χ1n) is 4.20. The second-order valence-corrected chi connectivity index (χ2v) is 3.05. The Morgan fingerprint density at radius 3 is 3.14 bits per heavy atom. The van der Waals surface area contributed by atoms with Crippen molar-refractivity contribution in [3.05, 3.63) is 30.5 Å². The van der Waals surface area contributed by atoms with Gasteiger partial charge >= 0.3 is 5.97 Å². The van der Waals surface area contributed by atoms with Crippen LogP contribution in [-0.2, 0) is 4.79 Å². The van der Waals surface area contributed by atoms with Gasteiger partial charge in [0.2, 0.25) is 0 Å². The van der Waals surface area contributed by atoms with Crippen molar-refractivity contribution in [1.82, 2.24) is 14.4 Å². The molecule has 72 valence electrons. The molecule has 1 atom stereocenters. The van der Waals surface area contributed by atoms with E-state index in [4.69, 9.17) is 5.11 Å². The van der Waals surface area contributed by atoms with E-state index in [1.165, 1.54) is 0 Å². The summed E-state index contributed by atoms with van der Waals surface area (Å²) in [7, 11) is 0. The molecule has 5 heteroatoms. The van der Waals surface area contributed by atoms with Crippen LogP contribution in [0.3, 0.4) is 0 Å². The highest BCUT2D eigenvalue weighted by Crippen LogP contribution is 2.16. The summed E-state index contributed by atoms with van der Waals surface area (Å²) in [6, 6.07) is 1.73. The second-order valence-electron chi connectivity index (χ2n) is 3.05. The molecule has 5 nitrogen and oxygen atoms in total. The molecular weight excluding hydrogens is 182 g/mol. The monoisotopic (exact) mass is 191 g/mol. The van der Waals surface area contributed by atoms with E-state index in [0.29, 0.717) is 11.3 Å². The van der Waals surface area contributed by atoms with Gasteiger partial charge in [-0.15, -0.1) is 0 Å². The van der Waals surface area contributed by atoms with E-state index in [-0.39, 0.29) is 0 Å². The fraction of sp³-hybridized carbons (Fsp3) is 0.222. The van der Waals surface area contributed by atoms with Gasteiger partial charge in [-0.25, -0.2) is 9.97 Å². The van der Waals surface area contributed by atoms with Crippen LogP contribution in [0, 0.1) is 0 Å². The van der Waals surface area contributed by atoms with Crippen LogP contribution < -0.4 is 0 Å². The van der Waals surface area contributed by atoms with Crippen LogP contribution in [0.5, 0.6) is 0 Å². The summed E-state index contributed by atoms with van der Waals surface area (Å²) < 4.78 is 1.68. The Morgan fingerprint density at radius 2 is 2.43 bits per heavy atom. The lowest BCUT2D eigenvalue weighted by Gasteiger charge is -2.04. The van der Waals surface area contributed by atoms with Gasteiger partial charge in [0.1, 0.15) is 12.0 Å². The number of fused-ring (bicyclic) bond motifs is 1. The number of carbonyl (C=O) groups is 1. The van der Waals surface area contributed by atoms with Gasteiger partial charge < -0.3 is 5.11 Å². The zero-order valence-electron chi connectivity index (χ0n) is 7.58. The Bertz CT molecular complexity index is 478. The molecule has 0 aliphatic carbocycles. The normalized spacial score (nSPS) is 12.9. The third-order valence-corrected chi connectivity index (χ3v) is 2.16. The number of nitrogens with zero attached hydrogens (tertiary/aromatic N) is 3. The van der Waals surface area contributed by atoms with Gasteiger partial charge in [-0.3, -0.25) is 9.20 Å². The zero-order valence-corrected chi connectivity index (χ0v) is 7.58. The first-order valence-corrected chi connectivity index (χ1v) is 4.20. The first kappa shape index (κ1) is 8.68. The molecule has 0 spiro atoms. The molecule has 2 aromatic heterocycles. The van der Waals surface area contributed by atoms with E-state index in [1.54, 1.807) is 36.1 Å². The van der Waals surface area contributed by atoms with Crippen LogP contribution in [0.4, 0.5) is 0 Å². The molecule has 0 aliphatic heterocycles. The summed E-state index contributed by atoms with van der Waals surface area (Å²) in [5.74, 6) is -1.44. The molecule has 0 saturated carbocycles. The second kappa shape index (κ2) is 3.10. The average molecular weight is 191 g/mol. The van der Waals surface area contributed by atoms with E-state index in [0.717, 1.165) is 0 Å². The third kappa shape index (κ3) is 1.22. The maximum absolute atomic E-state index is 10.8. The van der Waals surface area contributed by atoms with E-state index < -0.39 is 11.9 Å². The van der Waals surface area contributed by atoms with E-state index in [9.17, 15) is 4.79 Å². The molecule has 0 amide bonds. The van der Waals surface area contributed by atoms with Crippen LogP contribution in [-0.4, -0.2) is 25.4 Å². The van der Waals surface area contributed by atoms with E-state index in [2.05, 4.69) is 9.97 Å². The maximum atomic E-state index is 10.8. The van der Waals surface area contributed by atoms with Gasteiger partial charge in [0.15, 0.2) is 0 Å². The summed E-state index contributed by atoms with van der Waals surface area (Å²) in [5, 5.41) is 8.85. The molecule has 1 N–H and O–H groups in total. The Kier molecular flexibility index (Phi) is 1.92. The maximum Gasteiger partial charge on any atom is 0.312 e. The van der Waals surface area contributed by atoms with Crippen molar-refractivity contribution in [2.75, 3.05) is 0 Å². The van der Waals surface area contributed by atoms with Gasteiger partial charge in [-0.05, 0) is 13.0 Å². The Hall–Kier alpha value is -1.91. The van der Waals surface area contributed by atoms with Crippen LogP contribution >= 0.6 is 0 Å². The molecule has 0 fully saturated rings. The van der Waals surface area contributed by atoms with Gasteiger partial charge in [-0.1, -0.05) is 0 Å². The molecule has 2 aromatic rings. The summed E-state index contributed by atoms with van der Waals surface area (Å²) in [5.41, 5.74) is 1.35. The lowest BCUT2D eigenvalue weighted by molar-refractivity contribution is -0.138. The van der Waals surface area contributed by atoms with Crippen LogP contribution in [0.1, 0.15) is 18.5 Å². The zero-order chi connectivity index (χ0) is 10.1. The molecule has 0 aliphatic rings. The highest BCUT2D eigenvalue weighted by Gasteiger charge is 2.17. The predicted octanol–water partition coefficient (Wildman–Crippen LogP) is 0.917. The molecule has 0 aromatic carbocycles. The van der Waals surface area contributed by atoms with Gasteiger partial charge in [0, 0.05) is 6.20 Å². The predicted molar refractivity (Wildman–Crippen MR) is 49.0 cm³/mol. The van der Waals surface area contributed by atoms with Crippen molar-refractivity contribution < 1.29 is 9.90 Å². The van der Waals surface area contributed by atoms with Crippen molar-refractivity contribution in [2.24, 2.45) is 0 Å². The number of hydrogen-bond acceptors (Lipinski definition) is 3. The van der Waals surface area contributed by atoms with E-state index >= 15 is 0 Å². The lowest BCUT2D eigenvalue weighted by atomic mass is 10.1. The van der Waals surface area contributed by atoms with Crippen molar-refractivity contribution in [1.29, 1.82) is 0 Å². The minimum Gasteiger partial charge on any atom is -0.481 e. The van der Waals surface area contributed by atoms with Gasteiger partial charge in [-0.2, -0.15) is 0 Å². The smallest absolute Gasteiger partial charge is 0.312 e. The van der Waals surface area contributed by atoms with Crippen molar-refractivity contribution >= 4 is 11.6 Å². The molecule has 0 bridgehead atoms. The Balaban J connectivity index is 2.58. The quantitative estimate of drug-likeness (QED) is 0.766. The molecule has 14 heavy (non-hydrogen) atoms. The van der Waals surface area contributed by atoms with Gasteiger partial charge in [0.05, 0.1) is 17.8 Å². The van der Waals surface area contributed by atoms with Crippen LogP contribution in [0.2, 0.25) is 0 Å². The largest absolute Gasteiger partial charge is 0.481 e. The SMILES string of the molecule is CC(C(=O)O)c1cnc2ccncn12. The number of aliphatic carboxylic acids is 1. The molecular formula is C9H9N3O2. The van der Waals surface area contributed by atoms with Crippen molar-refractivity contribution in [2.45, 2.75) is 12.8 Å². The third-order valence-electron chi connectivity index (χ3n) is 2.16. The number of carboxylic acids is 1. The molecule has 0 saturated heterocycles. The number of imidazole rings is 1. The van der Waals surface area contributed by atoms with Crippen LogP contribution in [0.15, 0.2) is 24.8 Å². The molecule has 2 heterocycles. The van der Waals surface area contributed by atoms with E-state index in [1.807, 2.05) is 0 Å². The highest BCUT2D eigenvalue weighted by molar-refractivity contribution is 5.75. The van der Waals surface area contributed by atoms with Gasteiger partial charge in [0.25, 0.3) is 0 Å².